The van der Waals surface area contributed by atoms with Gasteiger partial charge in [0, 0.05) is 24.2 Å². The Balaban J connectivity index is 1.53. The van der Waals surface area contributed by atoms with E-state index in [0.717, 1.165) is 4.88 Å². The second-order valence-corrected chi connectivity index (χ2v) is 7.30. The fraction of sp³-hybridized carbons (Fsp3) is 0.333. The molecule has 0 N–H and O–H groups in total. The minimum atomic E-state index is -0.708. The number of amides is 1. The summed E-state index contributed by atoms with van der Waals surface area (Å²) in [6.45, 7) is 1.87. The van der Waals surface area contributed by atoms with Crippen LogP contribution in [0.3, 0.4) is 0 Å². The zero-order valence-electron chi connectivity index (χ0n) is 14.4. The summed E-state index contributed by atoms with van der Waals surface area (Å²) in [5.74, 6) is -1.03. The van der Waals surface area contributed by atoms with Gasteiger partial charge in [-0.15, -0.1) is 11.3 Å². The molecule has 2 aromatic heterocycles. The summed E-state index contributed by atoms with van der Waals surface area (Å²) in [5, 5.41) is 0.0231. The third-order valence-corrected chi connectivity index (χ3v) is 5.37. The number of carbonyl (C=O) groups excluding carboxylic acids is 3. The Morgan fingerprint density at radius 1 is 1.22 bits per heavy atom. The van der Waals surface area contributed by atoms with Gasteiger partial charge in [0.1, 0.15) is 5.15 Å². The van der Waals surface area contributed by atoms with E-state index < -0.39 is 12.6 Å². The zero-order valence-corrected chi connectivity index (χ0v) is 15.9. The Hall–Kier alpha value is -2.29. The van der Waals surface area contributed by atoms with Gasteiger partial charge in [-0.1, -0.05) is 11.6 Å². The lowest BCUT2D eigenvalue weighted by Gasteiger charge is -2.26. The van der Waals surface area contributed by atoms with E-state index in [1.165, 1.54) is 23.6 Å². The van der Waals surface area contributed by atoms with Crippen LogP contribution in [-0.2, 0) is 20.7 Å². The highest BCUT2D eigenvalue weighted by Crippen LogP contribution is 2.19. The standard InChI is InChI=1S/C18H17ClN2O5S/c19-17-13(2-1-5-20-17)18(24)26-11-14(22)15-4-3-12(27-15)10-16(23)21-6-8-25-9-7-21/h1-5H,6-11H2. The summed E-state index contributed by atoms with van der Waals surface area (Å²) in [4.78, 5) is 43.2. The number of aromatic nitrogens is 1. The molecule has 1 amide bonds. The molecule has 1 saturated heterocycles. The maximum atomic E-state index is 12.3. The van der Waals surface area contributed by atoms with E-state index in [1.807, 2.05) is 0 Å². The number of morpholine rings is 1. The van der Waals surface area contributed by atoms with Gasteiger partial charge in [0.25, 0.3) is 0 Å². The van der Waals surface area contributed by atoms with Gasteiger partial charge in [0.2, 0.25) is 11.7 Å². The molecular formula is C18H17ClN2O5S. The highest BCUT2D eigenvalue weighted by atomic mass is 35.5. The maximum absolute atomic E-state index is 12.3. The average molecular weight is 409 g/mol. The Kier molecular flexibility index (Phi) is 6.54. The second-order valence-electron chi connectivity index (χ2n) is 5.78. The van der Waals surface area contributed by atoms with E-state index in [2.05, 4.69) is 4.98 Å². The van der Waals surface area contributed by atoms with Gasteiger partial charge < -0.3 is 14.4 Å². The minimum Gasteiger partial charge on any atom is -0.454 e. The molecule has 1 aliphatic rings. The predicted octanol–water partition coefficient (Wildman–Crippen LogP) is 2.24. The highest BCUT2D eigenvalue weighted by molar-refractivity contribution is 7.14. The van der Waals surface area contributed by atoms with Crippen molar-refractivity contribution in [3.63, 3.8) is 0 Å². The zero-order chi connectivity index (χ0) is 19.2. The number of ether oxygens (including phenoxy) is 2. The van der Waals surface area contributed by atoms with E-state index in [4.69, 9.17) is 21.1 Å². The van der Waals surface area contributed by atoms with Crippen LogP contribution in [0.15, 0.2) is 30.5 Å². The molecule has 0 aliphatic carbocycles. The van der Waals surface area contributed by atoms with Crippen LogP contribution in [0.25, 0.3) is 0 Å². The molecule has 2 aromatic rings. The van der Waals surface area contributed by atoms with Gasteiger partial charge in [0.05, 0.1) is 30.1 Å². The third-order valence-electron chi connectivity index (χ3n) is 3.94. The fourth-order valence-corrected chi connectivity index (χ4v) is 3.63. The number of ketones is 1. The van der Waals surface area contributed by atoms with Crippen LogP contribution in [0.4, 0.5) is 0 Å². The first-order valence-electron chi connectivity index (χ1n) is 8.29. The van der Waals surface area contributed by atoms with E-state index in [9.17, 15) is 14.4 Å². The van der Waals surface area contributed by atoms with Crippen molar-refractivity contribution in [1.82, 2.24) is 9.88 Å². The molecule has 3 heterocycles. The molecule has 0 unspecified atom stereocenters. The van der Waals surface area contributed by atoms with Crippen LogP contribution in [0, 0.1) is 0 Å². The topological polar surface area (TPSA) is 85.8 Å². The van der Waals surface area contributed by atoms with Crippen LogP contribution >= 0.6 is 22.9 Å². The number of hydrogen-bond donors (Lipinski definition) is 0. The number of nitrogens with zero attached hydrogens (tertiary/aromatic N) is 2. The molecule has 0 spiro atoms. The largest absolute Gasteiger partial charge is 0.454 e. The normalized spacial score (nSPS) is 14.0. The van der Waals surface area contributed by atoms with Crippen molar-refractivity contribution in [3.8, 4) is 0 Å². The molecule has 3 rings (SSSR count). The molecule has 0 radical (unpaired) electrons. The van der Waals surface area contributed by atoms with E-state index in [1.54, 1.807) is 23.1 Å². The summed E-state index contributed by atoms with van der Waals surface area (Å²) in [7, 11) is 0. The Morgan fingerprint density at radius 3 is 2.74 bits per heavy atom. The average Bonchev–Trinajstić information content (AvgIpc) is 3.15. The molecule has 7 nitrogen and oxygen atoms in total. The Morgan fingerprint density at radius 2 is 2.00 bits per heavy atom. The van der Waals surface area contributed by atoms with E-state index in [0.29, 0.717) is 31.2 Å². The molecule has 9 heteroatoms. The molecule has 1 aliphatic heterocycles. The van der Waals surface area contributed by atoms with Crippen LogP contribution in [0.5, 0.6) is 0 Å². The maximum Gasteiger partial charge on any atom is 0.341 e. The van der Waals surface area contributed by atoms with Crippen LogP contribution in [0.2, 0.25) is 5.15 Å². The first kappa shape index (κ1) is 19.5. The smallest absolute Gasteiger partial charge is 0.341 e. The van der Waals surface area contributed by atoms with Crippen molar-refractivity contribution in [3.05, 3.63) is 50.9 Å². The lowest BCUT2D eigenvalue weighted by Crippen LogP contribution is -2.41. The number of thiophene rings is 1. The summed E-state index contributed by atoms with van der Waals surface area (Å²) < 4.78 is 10.2. The molecule has 0 saturated carbocycles. The van der Waals surface area contributed by atoms with Gasteiger partial charge in [-0.25, -0.2) is 9.78 Å². The van der Waals surface area contributed by atoms with Crippen molar-refractivity contribution < 1.29 is 23.9 Å². The van der Waals surface area contributed by atoms with E-state index in [-0.39, 0.29) is 28.8 Å². The lowest BCUT2D eigenvalue weighted by atomic mass is 10.2. The first-order chi connectivity index (χ1) is 13.0. The number of carbonyl (C=O) groups is 3. The number of pyridine rings is 1. The van der Waals surface area contributed by atoms with Gasteiger partial charge >= 0.3 is 5.97 Å². The van der Waals surface area contributed by atoms with Gasteiger partial charge in [0.15, 0.2) is 6.61 Å². The van der Waals surface area contributed by atoms with Crippen molar-refractivity contribution in [2.45, 2.75) is 6.42 Å². The summed E-state index contributed by atoms with van der Waals surface area (Å²) in [6, 6.07) is 6.42. The first-order valence-corrected chi connectivity index (χ1v) is 9.49. The van der Waals surface area contributed by atoms with Gasteiger partial charge in [-0.2, -0.15) is 0 Å². The Bertz CT molecular complexity index is 848. The molecule has 0 aromatic carbocycles. The third kappa shape index (κ3) is 5.12. The molecule has 142 valence electrons. The second kappa shape index (κ2) is 9.07. The van der Waals surface area contributed by atoms with Crippen molar-refractivity contribution in [2.75, 3.05) is 32.9 Å². The number of hydrogen-bond acceptors (Lipinski definition) is 7. The summed E-state index contributed by atoms with van der Waals surface area (Å²) >= 11 is 7.05. The van der Waals surface area contributed by atoms with Gasteiger partial charge in [-0.05, 0) is 24.3 Å². The molecular weight excluding hydrogens is 392 g/mol. The molecule has 0 atom stereocenters. The number of rotatable bonds is 6. The molecule has 1 fully saturated rings. The Labute approximate surface area is 164 Å². The number of Topliss-reactive ketones (excluding diaryl/α,β-unsaturated/α-hetero) is 1. The predicted molar refractivity (Wildman–Crippen MR) is 99.3 cm³/mol. The fourth-order valence-electron chi connectivity index (χ4n) is 2.51. The quantitative estimate of drug-likeness (QED) is 0.414. The summed E-state index contributed by atoms with van der Waals surface area (Å²) in [5.41, 5.74) is 0.106. The van der Waals surface area contributed by atoms with E-state index >= 15 is 0 Å². The van der Waals surface area contributed by atoms with Crippen LogP contribution < -0.4 is 0 Å². The van der Waals surface area contributed by atoms with Gasteiger partial charge in [-0.3, -0.25) is 9.59 Å². The van der Waals surface area contributed by atoms with Crippen molar-refractivity contribution in [1.29, 1.82) is 0 Å². The van der Waals surface area contributed by atoms with Crippen LogP contribution in [0.1, 0.15) is 24.9 Å². The molecule has 0 bridgehead atoms. The highest BCUT2D eigenvalue weighted by Gasteiger charge is 2.20. The monoisotopic (exact) mass is 408 g/mol. The number of halogens is 1. The minimum absolute atomic E-state index is 0.0109. The summed E-state index contributed by atoms with van der Waals surface area (Å²) in [6.07, 6.45) is 1.69. The lowest BCUT2D eigenvalue weighted by molar-refractivity contribution is -0.134. The SMILES string of the molecule is O=C(COC(=O)c1cccnc1Cl)c1ccc(CC(=O)N2CCOCC2)s1. The molecule has 27 heavy (non-hydrogen) atoms. The van der Waals surface area contributed by atoms with Crippen molar-refractivity contribution >= 4 is 40.6 Å². The number of esters is 1. The van der Waals surface area contributed by atoms with Crippen LogP contribution in [-0.4, -0.2) is 60.5 Å². The van der Waals surface area contributed by atoms with Crippen molar-refractivity contribution in [2.24, 2.45) is 0 Å².